The number of nitrogens with one attached hydrogen (secondary N) is 1. The van der Waals surface area contributed by atoms with Crippen LogP contribution in [0.15, 0.2) is 29.8 Å². The molecule has 13 heavy (non-hydrogen) atoms. The number of fused-ring (bicyclic) bond motifs is 2. The number of ether oxygens (including phenoxy) is 1. The van der Waals surface area contributed by atoms with Crippen molar-refractivity contribution in [3.8, 4) is 5.75 Å². The molecule has 2 aliphatic rings. The first kappa shape index (κ1) is 6.71. The van der Waals surface area contributed by atoms with Crippen LogP contribution in [0.1, 0.15) is 5.56 Å². The zero-order chi connectivity index (χ0) is 8.84. The van der Waals surface area contributed by atoms with Crippen molar-refractivity contribution in [2.45, 2.75) is 0 Å². The van der Waals surface area contributed by atoms with Gasteiger partial charge in [-0.1, -0.05) is 12.1 Å². The van der Waals surface area contributed by atoms with Gasteiger partial charge in [0.15, 0.2) is 0 Å². The summed E-state index contributed by atoms with van der Waals surface area (Å²) in [6, 6.07) is 7.71. The van der Waals surface area contributed by atoms with E-state index < -0.39 is 0 Å². The summed E-state index contributed by atoms with van der Waals surface area (Å²) in [7, 11) is 0. The van der Waals surface area contributed by atoms with Crippen molar-refractivity contribution in [2.24, 2.45) is 0 Å². The molecule has 0 saturated carbocycles. The highest BCUT2D eigenvalue weighted by atomic mass is 16.5. The first-order valence-electron chi connectivity index (χ1n) is 4.13. The van der Waals surface area contributed by atoms with Gasteiger partial charge in [-0.2, -0.15) is 0 Å². The van der Waals surface area contributed by atoms with Gasteiger partial charge < -0.3 is 10.1 Å². The maximum atomic E-state index is 11.0. The van der Waals surface area contributed by atoms with Gasteiger partial charge in [0.25, 0.3) is 5.91 Å². The van der Waals surface area contributed by atoms with Gasteiger partial charge in [0.05, 0.1) is 11.3 Å². The molecule has 1 amide bonds. The maximum Gasteiger partial charge on any atom is 0.257 e. The number of amides is 1. The van der Waals surface area contributed by atoms with Crippen LogP contribution in [0.3, 0.4) is 0 Å². The van der Waals surface area contributed by atoms with Crippen LogP contribution in [0, 0.1) is 0 Å². The number of hydrogen-bond acceptors (Lipinski definition) is 2. The molecule has 1 aromatic rings. The van der Waals surface area contributed by atoms with Crippen LogP contribution in [-0.4, -0.2) is 12.5 Å². The number of para-hydroxylation sites is 1. The molecule has 3 rings (SSSR count). The molecule has 64 valence electrons. The van der Waals surface area contributed by atoms with E-state index in [0.29, 0.717) is 6.61 Å². The number of benzene rings is 1. The van der Waals surface area contributed by atoms with Crippen LogP contribution < -0.4 is 10.1 Å². The fraction of sp³-hybridized carbons (Fsp3) is 0.100. The van der Waals surface area contributed by atoms with Crippen LogP contribution in [-0.2, 0) is 4.79 Å². The predicted octanol–water partition coefficient (Wildman–Crippen LogP) is 0.920. The fourth-order valence-corrected chi connectivity index (χ4v) is 1.63. The average molecular weight is 173 g/mol. The number of hydrogen-bond donors (Lipinski definition) is 1. The minimum Gasteiger partial charge on any atom is -0.488 e. The Bertz CT molecular complexity index is 434. The summed E-state index contributed by atoms with van der Waals surface area (Å²) in [6.45, 7) is 0.401. The van der Waals surface area contributed by atoms with Gasteiger partial charge in [-0.25, -0.2) is 0 Å². The molecule has 0 fully saturated rings. The Balaban J connectivity index is 2.22. The second kappa shape index (κ2) is 2.13. The van der Waals surface area contributed by atoms with E-state index in [2.05, 4.69) is 5.32 Å². The van der Waals surface area contributed by atoms with Crippen molar-refractivity contribution in [2.75, 3.05) is 6.61 Å². The second-order valence-electron chi connectivity index (χ2n) is 3.09. The molecule has 0 radical (unpaired) electrons. The lowest BCUT2D eigenvalue weighted by atomic mass is 9.97. The van der Waals surface area contributed by atoms with E-state index in [-0.39, 0.29) is 5.91 Å². The molecule has 3 heteroatoms. The number of carbonyl (C=O) groups is 1. The zero-order valence-electron chi connectivity index (χ0n) is 6.83. The molecule has 1 N–H and O–H groups in total. The Morgan fingerprint density at radius 3 is 3.00 bits per heavy atom. The van der Waals surface area contributed by atoms with E-state index in [4.69, 9.17) is 4.74 Å². The maximum absolute atomic E-state index is 11.0. The van der Waals surface area contributed by atoms with Gasteiger partial charge in [-0.05, 0) is 12.1 Å². The summed E-state index contributed by atoms with van der Waals surface area (Å²) in [5.74, 6) is 0.839. The van der Waals surface area contributed by atoms with E-state index in [0.717, 1.165) is 22.6 Å². The van der Waals surface area contributed by atoms with Crippen molar-refractivity contribution in [1.82, 2.24) is 5.32 Å². The highest BCUT2D eigenvalue weighted by molar-refractivity contribution is 6.15. The molecule has 0 atom stereocenters. The number of rotatable bonds is 0. The molecule has 3 nitrogen and oxygen atoms in total. The van der Waals surface area contributed by atoms with Gasteiger partial charge in [-0.15, -0.1) is 0 Å². The monoisotopic (exact) mass is 173 g/mol. The third-order valence-electron chi connectivity index (χ3n) is 2.34. The Morgan fingerprint density at radius 2 is 2.15 bits per heavy atom. The number of carbonyl (C=O) groups excluding carboxylic acids is 1. The molecule has 0 spiro atoms. The smallest absolute Gasteiger partial charge is 0.257 e. The Labute approximate surface area is 75.0 Å². The first-order chi connectivity index (χ1) is 6.36. The topological polar surface area (TPSA) is 38.3 Å². The summed E-state index contributed by atoms with van der Waals surface area (Å²) < 4.78 is 5.41. The summed E-state index contributed by atoms with van der Waals surface area (Å²) in [6.07, 6.45) is 0. The lowest BCUT2D eigenvalue weighted by molar-refractivity contribution is -0.118. The van der Waals surface area contributed by atoms with E-state index >= 15 is 0 Å². The minimum atomic E-state index is -0.00972. The van der Waals surface area contributed by atoms with Gasteiger partial charge in [-0.3, -0.25) is 4.79 Å². The van der Waals surface area contributed by atoms with Gasteiger partial charge in [0, 0.05) is 5.56 Å². The molecular formula is C10H7NO2. The summed E-state index contributed by atoms with van der Waals surface area (Å²) in [5, 5.41) is 2.76. The predicted molar refractivity (Wildman–Crippen MR) is 47.0 cm³/mol. The van der Waals surface area contributed by atoms with Crippen molar-refractivity contribution in [1.29, 1.82) is 0 Å². The third kappa shape index (κ3) is 0.758. The van der Waals surface area contributed by atoms with Crippen molar-refractivity contribution in [3.05, 3.63) is 35.4 Å². The Kier molecular flexibility index (Phi) is 1.10. The van der Waals surface area contributed by atoms with E-state index in [1.54, 1.807) is 0 Å². The first-order valence-corrected chi connectivity index (χ1v) is 4.13. The molecule has 0 aliphatic carbocycles. The Hall–Kier alpha value is -1.77. The fourth-order valence-electron chi connectivity index (χ4n) is 1.63. The van der Waals surface area contributed by atoms with Gasteiger partial charge in [0.2, 0.25) is 0 Å². The highest BCUT2D eigenvalue weighted by Gasteiger charge is 2.32. The molecule has 1 aromatic carbocycles. The summed E-state index contributed by atoms with van der Waals surface area (Å²) in [5.41, 5.74) is 2.69. The average Bonchev–Trinajstić information content (AvgIpc) is 2.16. The zero-order valence-corrected chi connectivity index (χ0v) is 6.83. The van der Waals surface area contributed by atoms with Crippen LogP contribution in [0.2, 0.25) is 0 Å². The van der Waals surface area contributed by atoms with Crippen LogP contribution in [0.25, 0.3) is 5.70 Å². The molecule has 0 bridgehead atoms. The summed E-state index contributed by atoms with van der Waals surface area (Å²) >= 11 is 0. The van der Waals surface area contributed by atoms with Gasteiger partial charge in [0.1, 0.15) is 12.4 Å². The summed E-state index contributed by atoms with van der Waals surface area (Å²) in [4.78, 5) is 11.0. The molecule has 2 aliphatic heterocycles. The van der Waals surface area contributed by atoms with Crippen molar-refractivity contribution < 1.29 is 9.53 Å². The molecule has 0 aromatic heterocycles. The minimum absolute atomic E-state index is 0.00972. The lowest BCUT2D eigenvalue weighted by Gasteiger charge is -2.30. The van der Waals surface area contributed by atoms with Crippen LogP contribution >= 0.6 is 0 Å². The van der Waals surface area contributed by atoms with E-state index in [1.165, 1.54) is 0 Å². The van der Waals surface area contributed by atoms with Crippen LogP contribution in [0.4, 0.5) is 0 Å². The molecular weight excluding hydrogens is 166 g/mol. The third-order valence-corrected chi connectivity index (χ3v) is 2.34. The lowest BCUT2D eigenvalue weighted by Crippen LogP contribution is -2.40. The van der Waals surface area contributed by atoms with E-state index in [1.807, 2.05) is 24.3 Å². The molecule has 2 heterocycles. The van der Waals surface area contributed by atoms with Gasteiger partial charge >= 0.3 is 0 Å². The van der Waals surface area contributed by atoms with Crippen LogP contribution in [0.5, 0.6) is 5.75 Å². The standard InChI is InChI=1S/C10H7NO2/c12-10-7-5-13-8-4-2-1-3-6(8)9(7)11-10/h1-4H,5H2,(H,11,12). The highest BCUT2D eigenvalue weighted by Crippen LogP contribution is 2.35. The quantitative estimate of drug-likeness (QED) is 0.633. The van der Waals surface area contributed by atoms with Crippen molar-refractivity contribution >= 4 is 11.6 Å². The van der Waals surface area contributed by atoms with E-state index in [9.17, 15) is 4.79 Å². The second-order valence-corrected chi connectivity index (χ2v) is 3.09. The Morgan fingerprint density at radius 1 is 1.31 bits per heavy atom. The van der Waals surface area contributed by atoms with Crippen molar-refractivity contribution in [3.63, 3.8) is 0 Å². The largest absolute Gasteiger partial charge is 0.488 e. The normalized spacial score (nSPS) is 18.0. The molecule has 0 saturated heterocycles. The SMILES string of the molecule is O=C1NC2=C1COc1ccccc12. The molecule has 0 unspecified atom stereocenters.